The van der Waals surface area contributed by atoms with Gasteiger partial charge in [0.1, 0.15) is 5.00 Å². The number of aliphatic carboxylic acids is 1. The van der Waals surface area contributed by atoms with Gasteiger partial charge in [-0.1, -0.05) is 0 Å². The molecule has 23 heavy (non-hydrogen) atoms. The Bertz CT molecular complexity index is 667. The van der Waals surface area contributed by atoms with E-state index in [1.807, 2.05) is 6.92 Å². The van der Waals surface area contributed by atoms with Gasteiger partial charge >= 0.3 is 11.9 Å². The number of hydrogen-bond acceptors (Lipinski definition) is 5. The topological polar surface area (TPSA) is 92.7 Å². The molecule has 0 aliphatic heterocycles. The second-order valence-corrected chi connectivity index (χ2v) is 7.56. The van der Waals surface area contributed by atoms with Crippen molar-refractivity contribution in [2.45, 2.75) is 26.2 Å². The van der Waals surface area contributed by atoms with Crippen molar-refractivity contribution in [3.63, 3.8) is 0 Å². The summed E-state index contributed by atoms with van der Waals surface area (Å²) in [7, 11) is 1.29. The number of nitrogens with one attached hydrogen (secondary N) is 1. The number of carboxylic acids is 1. The fourth-order valence-corrected chi connectivity index (χ4v) is 4.99. The molecule has 1 amide bonds. The summed E-state index contributed by atoms with van der Waals surface area (Å²) in [6.07, 6.45) is 2.60. The second kappa shape index (κ2) is 5.96. The second-order valence-electron chi connectivity index (χ2n) is 6.30. The number of ether oxygens (including phenoxy) is 1. The van der Waals surface area contributed by atoms with E-state index in [1.165, 1.54) is 18.4 Å². The van der Waals surface area contributed by atoms with Crippen LogP contribution in [0.2, 0.25) is 0 Å². The molecule has 1 aromatic heterocycles. The van der Waals surface area contributed by atoms with Crippen LogP contribution in [0.4, 0.5) is 5.00 Å². The van der Waals surface area contributed by atoms with Gasteiger partial charge in [0, 0.05) is 4.88 Å². The lowest BCUT2D eigenvalue weighted by atomic mass is 9.79. The van der Waals surface area contributed by atoms with Gasteiger partial charge in [-0.25, -0.2) is 4.79 Å². The highest BCUT2D eigenvalue weighted by Gasteiger charge is 2.54. The molecule has 6 nitrogen and oxygen atoms in total. The van der Waals surface area contributed by atoms with Crippen LogP contribution in [0.25, 0.3) is 0 Å². The predicted octanol–water partition coefficient (Wildman–Crippen LogP) is 2.53. The van der Waals surface area contributed by atoms with Gasteiger partial charge in [-0.2, -0.15) is 0 Å². The minimum absolute atomic E-state index is 0.0957. The van der Waals surface area contributed by atoms with E-state index in [-0.39, 0.29) is 17.7 Å². The summed E-state index contributed by atoms with van der Waals surface area (Å²) in [5.41, 5.74) is 0.318. The molecule has 7 heteroatoms. The lowest BCUT2D eigenvalue weighted by molar-refractivity contribution is -0.148. The number of amides is 1. The normalized spacial score (nSPS) is 28.6. The van der Waals surface area contributed by atoms with Gasteiger partial charge in [-0.15, -0.1) is 11.3 Å². The van der Waals surface area contributed by atoms with E-state index in [4.69, 9.17) is 4.74 Å². The number of carbonyl (C=O) groups is 3. The van der Waals surface area contributed by atoms with Crippen molar-refractivity contribution in [3.05, 3.63) is 16.5 Å². The van der Waals surface area contributed by atoms with Crippen LogP contribution in [0, 0.1) is 30.6 Å². The molecule has 2 N–H and O–H groups in total. The third kappa shape index (κ3) is 2.73. The quantitative estimate of drug-likeness (QED) is 0.824. The number of anilines is 1. The van der Waals surface area contributed by atoms with Crippen LogP contribution in [-0.4, -0.2) is 30.1 Å². The highest BCUT2D eigenvalue weighted by molar-refractivity contribution is 7.16. The van der Waals surface area contributed by atoms with Gasteiger partial charge < -0.3 is 15.2 Å². The Labute approximate surface area is 137 Å². The summed E-state index contributed by atoms with van der Waals surface area (Å²) < 4.78 is 4.73. The Balaban J connectivity index is 1.82. The smallest absolute Gasteiger partial charge is 0.340 e. The lowest BCUT2D eigenvalue weighted by Gasteiger charge is -2.26. The van der Waals surface area contributed by atoms with Gasteiger partial charge in [0.15, 0.2) is 0 Å². The molecule has 124 valence electrons. The molecule has 2 aliphatic rings. The maximum atomic E-state index is 12.7. The van der Waals surface area contributed by atoms with E-state index < -0.39 is 23.8 Å². The lowest BCUT2D eigenvalue weighted by Crippen LogP contribution is -2.37. The fraction of sp³-hybridized carbons (Fsp3) is 0.562. The summed E-state index contributed by atoms with van der Waals surface area (Å²) in [6.45, 7) is 1.84. The molecule has 0 unspecified atom stereocenters. The molecule has 4 atom stereocenters. The first-order valence-corrected chi connectivity index (χ1v) is 8.46. The zero-order valence-corrected chi connectivity index (χ0v) is 13.8. The van der Waals surface area contributed by atoms with E-state index in [9.17, 15) is 19.5 Å². The number of fused-ring (bicyclic) bond motifs is 2. The molecule has 2 fully saturated rings. The SMILES string of the molecule is COC(=O)c1cc(C)sc1NC(=O)[C@@H]1[C@H]2CC[C@@H](C2)[C@H]1C(=O)O. The maximum absolute atomic E-state index is 12.7. The van der Waals surface area contributed by atoms with Gasteiger partial charge in [-0.3, -0.25) is 9.59 Å². The van der Waals surface area contributed by atoms with Crippen molar-refractivity contribution in [1.29, 1.82) is 0 Å². The maximum Gasteiger partial charge on any atom is 0.340 e. The van der Waals surface area contributed by atoms with Crippen LogP contribution >= 0.6 is 11.3 Å². The number of aryl methyl sites for hydroxylation is 1. The first-order chi connectivity index (χ1) is 10.9. The van der Waals surface area contributed by atoms with Crippen LogP contribution in [0.15, 0.2) is 6.07 Å². The molecule has 2 saturated carbocycles. The predicted molar refractivity (Wildman–Crippen MR) is 84.5 cm³/mol. The van der Waals surface area contributed by atoms with Crippen molar-refractivity contribution in [3.8, 4) is 0 Å². The number of carbonyl (C=O) groups excluding carboxylic acids is 2. The summed E-state index contributed by atoms with van der Waals surface area (Å²) in [5, 5.41) is 12.7. The van der Waals surface area contributed by atoms with Crippen molar-refractivity contribution in [2.75, 3.05) is 12.4 Å². The van der Waals surface area contributed by atoms with Gasteiger partial charge in [0.2, 0.25) is 5.91 Å². The summed E-state index contributed by atoms with van der Waals surface area (Å²) >= 11 is 1.29. The van der Waals surface area contributed by atoms with Crippen LogP contribution in [-0.2, 0) is 14.3 Å². The molecule has 2 bridgehead atoms. The van der Waals surface area contributed by atoms with Crippen molar-refractivity contribution in [2.24, 2.45) is 23.7 Å². The minimum Gasteiger partial charge on any atom is -0.481 e. The van der Waals surface area contributed by atoms with E-state index in [0.717, 1.165) is 24.1 Å². The van der Waals surface area contributed by atoms with Crippen molar-refractivity contribution in [1.82, 2.24) is 0 Å². The molecule has 0 radical (unpaired) electrons. The number of carboxylic acid groups (broad SMARTS) is 1. The first-order valence-electron chi connectivity index (χ1n) is 7.64. The Hall–Kier alpha value is -1.89. The number of esters is 1. The Morgan fingerprint density at radius 2 is 1.91 bits per heavy atom. The van der Waals surface area contributed by atoms with Crippen LogP contribution < -0.4 is 5.32 Å². The third-order valence-corrected chi connectivity index (χ3v) is 5.97. The Morgan fingerprint density at radius 3 is 2.52 bits per heavy atom. The van der Waals surface area contributed by atoms with Crippen molar-refractivity contribution >= 4 is 34.2 Å². The van der Waals surface area contributed by atoms with Gasteiger partial charge in [0.05, 0.1) is 24.5 Å². The summed E-state index contributed by atoms with van der Waals surface area (Å²) in [6, 6.07) is 1.67. The number of rotatable bonds is 4. The average Bonchev–Trinajstić information content (AvgIpc) is 3.19. The van der Waals surface area contributed by atoms with Crippen LogP contribution in [0.3, 0.4) is 0 Å². The molecule has 0 spiro atoms. The van der Waals surface area contributed by atoms with Crippen molar-refractivity contribution < 1.29 is 24.2 Å². The van der Waals surface area contributed by atoms with E-state index in [2.05, 4.69) is 5.32 Å². The molecule has 0 aromatic carbocycles. The zero-order valence-electron chi connectivity index (χ0n) is 13.0. The number of thiophene rings is 1. The molecule has 1 heterocycles. The average molecular weight is 337 g/mol. The Kier molecular flexibility index (Phi) is 4.14. The largest absolute Gasteiger partial charge is 0.481 e. The molecule has 2 aliphatic carbocycles. The molecular formula is C16H19NO5S. The molecule has 1 aromatic rings. The monoisotopic (exact) mass is 337 g/mol. The minimum atomic E-state index is -0.895. The van der Waals surface area contributed by atoms with Crippen LogP contribution in [0.1, 0.15) is 34.5 Å². The molecule has 0 saturated heterocycles. The fourth-order valence-electron chi connectivity index (χ4n) is 4.09. The third-order valence-electron chi connectivity index (χ3n) is 5.00. The van der Waals surface area contributed by atoms with E-state index in [0.29, 0.717) is 10.6 Å². The van der Waals surface area contributed by atoms with E-state index >= 15 is 0 Å². The van der Waals surface area contributed by atoms with Crippen LogP contribution in [0.5, 0.6) is 0 Å². The van der Waals surface area contributed by atoms with Gasteiger partial charge in [0.25, 0.3) is 0 Å². The van der Waals surface area contributed by atoms with E-state index in [1.54, 1.807) is 6.07 Å². The number of methoxy groups -OCH3 is 1. The summed E-state index contributed by atoms with van der Waals surface area (Å²) in [5.74, 6) is -2.60. The van der Waals surface area contributed by atoms with Gasteiger partial charge in [-0.05, 0) is 44.1 Å². The molecular weight excluding hydrogens is 318 g/mol. The first kappa shape index (κ1) is 16.0. The highest BCUT2D eigenvalue weighted by atomic mass is 32.1. The standard InChI is InChI=1S/C16H19NO5S/c1-7-5-10(16(21)22-2)14(23-7)17-13(18)11-8-3-4-9(6-8)12(11)15(19)20/h5,8-9,11-12H,3-4,6H2,1-2H3,(H,17,18)(H,19,20)/t8-,9-,11+,12+/m0/s1. The molecule has 3 rings (SSSR count). The Morgan fingerprint density at radius 1 is 1.26 bits per heavy atom. The zero-order chi connectivity index (χ0) is 16.7. The summed E-state index contributed by atoms with van der Waals surface area (Å²) in [4.78, 5) is 36.9. The number of hydrogen-bond donors (Lipinski definition) is 2. The highest BCUT2D eigenvalue weighted by Crippen LogP contribution is 2.52.